The first-order valence-corrected chi connectivity index (χ1v) is 10.6. The number of thioether (sulfide) groups is 1. The fourth-order valence-electron chi connectivity index (χ4n) is 2.80. The van der Waals surface area contributed by atoms with E-state index in [1.807, 2.05) is 18.2 Å². The Labute approximate surface area is 183 Å². The van der Waals surface area contributed by atoms with Crippen molar-refractivity contribution in [3.63, 3.8) is 0 Å². The Morgan fingerprint density at radius 3 is 2.63 bits per heavy atom. The Morgan fingerprint density at radius 1 is 1.07 bits per heavy atom. The summed E-state index contributed by atoms with van der Waals surface area (Å²) in [6.07, 6.45) is 1.62. The molecule has 0 aliphatic rings. The van der Waals surface area contributed by atoms with E-state index in [1.54, 1.807) is 24.4 Å². The van der Waals surface area contributed by atoms with Gasteiger partial charge < -0.3 is 15.2 Å². The van der Waals surface area contributed by atoms with E-state index in [2.05, 4.69) is 10.3 Å². The molecular weight excluding hydrogens is 430 g/mol. The molecule has 0 bridgehead atoms. The molecule has 3 rings (SSSR count). The zero-order valence-electron chi connectivity index (χ0n) is 16.0. The first-order chi connectivity index (χ1) is 14.6. The lowest BCUT2D eigenvalue weighted by Gasteiger charge is -2.19. The Kier molecular flexibility index (Phi) is 8.45. The lowest BCUT2D eigenvalue weighted by molar-refractivity contribution is 0.0992. The SMILES string of the molecule is OCCOCCNc1cc(C(Sc2ccc(Cl)cc2)c2cc(F)ccc2F)ccn1. The molecule has 158 valence electrons. The molecule has 4 nitrogen and oxygen atoms in total. The third kappa shape index (κ3) is 6.40. The predicted molar refractivity (Wildman–Crippen MR) is 116 cm³/mol. The van der Waals surface area contributed by atoms with E-state index in [1.165, 1.54) is 17.8 Å². The highest BCUT2D eigenvalue weighted by Crippen LogP contribution is 2.42. The van der Waals surface area contributed by atoms with E-state index in [0.717, 1.165) is 22.6 Å². The Hall–Kier alpha value is -2.19. The quantitative estimate of drug-likeness (QED) is 0.323. The first kappa shape index (κ1) is 22.5. The lowest BCUT2D eigenvalue weighted by Crippen LogP contribution is -2.12. The minimum atomic E-state index is -0.499. The van der Waals surface area contributed by atoms with E-state index in [-0.39, 0.29) is 18.8 Å². The van der Waals surface area contributed by atoms with Crippen LogP contribution in [-0.2, 0) is 4.74 Å². The summed E-state index contributed by atoms with van der Waals surface area (Å²) in [6, 6.07) is 14.3. The molecule has 2 aromatic carbocycles. The average molecular weight is 451 g/mol. The summed E-state index contributed by atoms with van der Waals surface area (Å²) in [5.74, 6) is -0.383. The van der Waals surface area contributed by atoms with Crippen LogP contribution in [0, 0.1) is 11.6 Å². The topological polar surface area (TPSA) is 54.4 Å². The predicted octanol–water partition coefficient (Wildman–Crippen LogP) is 5.32. The van der Waals surface area contributed by atoms with Crippen molar-refractivity contribution in [3.8, 4) is 0 Å². The molecule has 0 spiro atoms. The molecule has 0 amide bonds. The second-order valence-electron chi connectivity index (χ2n) is 6.35. The van der Waals surface area contributed by atoms with Crippen molar-refractivity contribution in [2.75, 3.05) is 31.7 Å². The molecule has 3 aromatic rings. The minimum Gasteiger partial charge on any atom is -0.394 e. The van der Waals surface area contributed by atoms with Gasteiger partial charge in [-0.2, -0.15) is 0 Å². The number of nitrogens with zero attached hydrogens (tertiary/aromatic N) is 1. The summed E-state index contributed by atoms with van der Waals surface area (Å²) in [6.45, 7) is 1.15. The molecular formula is C22H21ClF2N2O2S. The van der Waals surface area contributed by atoms with Gasteiger partial charge in [0.05, 0.1) is 25.1 Å². The minimum absolute atomic E-state index is 0.0312. The van der Waals surface area contributed by atoms with Gasteiger partial charge in [-0.25, -0.2) is 13.8 Å². The zero-order valence-corrected chi connectivity index (χ0v) is 17.6. The van der Waals surface area contributed by atoms with Crippen molar-refractivity contribution in [2.24, 2.45) is 0 Å². The van der Waals surface area contributed by atoms with Gasteiger partial charge in [0.25, 0.3) is 0 Å². The third-order valence-corrected chi connectivity index (χ3v) is 5.74. The van der Waals surface area contributed by atoms with Crippen LogP contribution in [-0.4, -0.2) is 36.5 Å². The van der Waals surface area contributed by atoms with E-state index < -0.39 is 16.9 Å². The molecule has 8 heteroatoms. The molecule has 0 aliphatic heterocycles. The molecule has 1 atom stereocenters. The molecule has 30 heavy (non-hydrogen) atoms. The Bertz CT molecular complexity index is 960. The van der Waals surface area contributed by atoms with Crippen molar-refractivity contribution in [2.45, 2.75) is 10.1 Å². The lowest BCUT2D eigenvalue weighted by atomic mass is 10.0. The molecule has 0 aliphatic carbocycles. The highest BCUT2D eigenvalue weighted by molar-refractivity contribution is 7.99. The van der Waals surface area contributed by atoms with Crippen LogP contribution in [0.4, 0.5) is 14.6 Å². The zero-order chi connectivity index (χ0) is 21.3. The molecule has 1 aromatic heterocycles. The Balaban J connectivity index is 1.87. The Morgan fingerprint density at radius 2 is 1.87 bits per heavy atom. The number of rotatable bonds is 10. The van der Waals surface area contributed by atoms with Gasteiger partial charge in [0.2, 0.25) is 0 Å². The van der Waals surface area contributed by atoms with Gasteiger partial charge in [0.15, 0.2) is 0 Å². The van der Waals surface area contributed by atoms with Crippen molar-refractivity contribution in [1.29, 1.82) is 0 Å². The normalized spacial score (nSPS) is 12.0. The van der Waals surface area contributed by atoms with E-state index >= 15 is 0 Å². The van der Waals surface area contributed by atoms with Crippen LogP contribution in [0.2, 0.25) is 5.02 Å². The molecule has 0 saturated heterocycles. The summed E-state index contributed by atoms with van der Waals surface area (Å²) in [4.78, 5) is 5.15. The number of halogens is 3. The highest BCUT2D eigenvalue weighted by Gasteiger charge is 2.21. The standard InChI is InChI=1S/C22H21ClF2N2O2S/c23-16-1-4-18(5-2-16)30-22(19-14-17(24)3-6-20(19)25)15-7-8-26-21(13-15)27-9-11-29-12-10-28/h1-8,13-14,22,28H,9-12H2,(H,26,27). The largest absolute Gasteiger partial charge is 0.394 e. The summed E-state index contributed by atoms with van der Waals surface area (Å²) in [7, 11) is 0. The van der Waals surface area contributed by atoms with Gasteiger partial charge in [-0.3, -0.25) is 0 Å². The fourth-order valence-corrected chi connectivity index (χ4v) is 4.08. The highest BCUT2D eigenvalue weighted by atomic mass is 35.5. The van der Waals surface area contributed by atoms with Crippen molar-refractivity contribution in [3.05, 3.63) is 88.6 Å². The van der Waals surface area contributed by atoms with Gasteiger partial charge in [-0.15, -0.1) is 11.8 Å². The number of anilines is 1. The molecule has 0 saturated carbocycles. The molecule has 2 N–H and O–H groups in total. The summed E-state index contributed by atoms with van der Waals surface area (Å²) in [5.41, 5.74) is 1.02. The van der Waals surface area contributed by atoms with Crippen LogP contribution in [0.1, 0.15) is 16.4 Å². The fraction of sp³-hybridized carbons (Fsp3) is 0.227. The second kappa shape index (κ2) is 11.3. The van der Waals surface area contributed by atoms with Crippen molar-refractivity contribution < 1.29 is 18.6 Å². The molecule has 0 fully saturated rings. The summed E-state index contributed by atoms with van der Waals surface area (Å²) >= 11 is 7.37. The van der Waals surface area contributed by atoms with Gasteiger partial charge in [0.1, 0.15) is 17.5 Å². The molecule has 1 unspecified atom stereocenters. The number of aliphatic hydroxyl groups is 1. The average Bonchev–Trinajstić information content (AvgIpc) is 2.75. The number of aliphatic hydroxyl groups excluding tert-OH is 1. The molecule has 1 heterocycles. The van der Waals surface area contributed by atoms with Gasteiger partial charge >= 0.3 is 0 Å². The maximum atomic E-state index is 14.6. The van der Waals surface area contributed by atoms with Crippen LogP contribution in [0.5, 0.6) is 0 Å². The number of nitrogens with one attached hydrogen (secondary N) is 1. The van der Waals surface area contributed by atoms with E-state index in [4.69, 9.17) is 21.4 Å². The number of hydrogen-bond donors (Lipinski definition) is 2. The number of benzene rings is 2. The number of pyridine rings is 1. The van der Waals surface area contributed by atoms with Crippen molar-refractivity contribution >= 4 is 29.2 Å². The number of hydrogen-bond acceptors (Lipinski definition) is 5. The summed E-state index contributed by atoms with van der Waals surface area (Å²) in [5, 5.41) is 12.0. The number of aromatic nitrogens is 1. The maximum Gasteiger partial charge on any atom is 0.128 e. The van der Waals surface area contributed by atoms with E-state index in [9.17, 15) is 8.78 Å². The van der Waals surface area contributed by atoms with Crippen LogP contribution in [0.3, 0.4) is 0 Å². The maximum absolute atomic E-state index is 14.6. The van der Waals surface area contributed by atoms with Crippen LogP contribution in [0.25, 0.3) is 0 Å². The first-order valence-electron chi connectivity index (χ1n) is 9.32. The summed E-state index contributed by atoms with van der Waals surface area (Å²) < 4.78 is 33.8. The molecule has 0 radical (unpaired) electrons. The van der Waals surface area contributed by atoms with Crippen molar-refractivity contribution in [1.82, 2.24) is 4.98 Å². The van der Waals surface area contributed by atoms with Gasteiger partial charge in [-0.05, 0) is 60.2 Å². The third-order valence-electron chi connectivity index (χ3n) is 4.18. The smallest absolute Gasteiger partial charge is 0.128 e. The van der Waals surface area contributed by atoms with E-state index in [0.29, 0.717) is 24.0 Å². The van der Waals surface area contributed by atoms with Gasteiger partial charge in [0, 0.05) is 28.2 Å². The van der Waals surface area contributed by atoms with Crippen LogP contribution >= 0.6 is 23.4 Å². The van der Waals surface area contributed by atoms with Crippen LogP contribution < -0.4 is 5.32 Å². The van der Waals surface area contributed by atoms with Gasteiger partial charge in [-0.1, -0.05) is 11.6 Å². The second-order valence-corrected chi connectivity index (χ2v) is 7.97. The number of ether oxygens (including phenoxy) is 1. The monoisotopic (exact) mass is 450 g/mol. The van der Waals surface area contributed by atoms with Crippen LogP contribution in [0.15, 0.2) is 65.7 Å².